The highest BCUT2D eigenvalue weighted by molar-refractivity contribution is 5.92. The van der Waals surface area contributed by atoms with Crippen LogP contribution in [0.4, 0.5) is 5.69 Å². The van der Waals surface area contributed by atoms with Gasteiger partial charge in [-0.3, -0.25) is 19.4 Å². The lowest BCUT2D eigenvalue weighted by Gasteiger charge is -2.34. The molecule has 0 saturated carbocycles. The maximum atomic E-state index is 12.5. The maximum absolute atomic E-state index is 12.5. The molecule has 0 radical (unpaired) electrons. The number of ether oxygens (including phenoxy) is 1. The predicted octanol–water partition coefficient (Wildman–Crippen LogP) is 2.97. The zero-order chi connectivity index (χ0) is 22.3. The van der Waals surface area contributed by atoms with Gasteiger partial charge in [0.05, 0.1) is 13.1 Å². The fourth-order valence-electron chi connectivity index (χ4n) is 4.12. The monoisotopic (exact) mass is 436 g/mol. The van der Waals surface area contributed by atoms with Crippen molar-refractivity contribution in [2.75, 3.05) is 57.7 Å². The molecular weight excluding hydrogens is 404 g/mol. The number of anilines is 1. The molecule has 0 aliphatic carbocycles. The molecule has 7 nitrogen and oxygen atoms in total. The van der Waals surface area contributed by atoms with Gasteiger partial charge in [-0.15, -0.1) is 0 Å². The highest BCUT2D eigenvalue weighted by atomic mass is 16.5. The third-order valence-corrected chi connectivity index (χ3v) is 6.04. The van der Waals surface area contributed by atoms with E-state index in [4.69, 9.17) is 4.74 Å². The fraction of sp³-hybridized carbons (Fsp3) is 0.440. The molecule has 0 bridgehead atoms. The van der Waals surface area contributed by atoms with Gasteiger partial charge in [-0.05, 0) is 56.2 Å². The van der Waals surface area contributed by atoms with Crippen molar-refractivity contribution < 1.29 is 14.3 Å². The van der Waals surface area contributed by atoms with Crippen molar-refractivity contribution in [3.05, 3.63) is 54.1 Å². The normalized spacial score (nSPS) is 17.3. The zero-order valence-electron chi connectivity index (χ0n) is 18.8. The lowest BCUT2D eigenvalue weighted by Crippen LogP contribution is -2.51. The third-order valence-electron chi connectivity index (χ3n) is 6.04. The summed E-state index contributed by atoms with van der Waals surface area (Å²) in [6, 6.07) is 15.3. The summed E-state index contributed by atoms with van der Waals surface area (Å²) in [5.41, 5.74) is 1.94. The van der Waals surface area contributed by atoms with E-state index in [1.54, 1.807) is 0 Å². The first-order valence-electron chi connectivity index (χ1n) is 11.4. The molecule has 2 aliphatic rings. The number of carbonyl (C=O) groups is 2. The molecule has 2 aliphatic heterocycles. The summed E-state index contributed by atoms with van der Waals surface area (Å²) in [5, 5.41) is 2.96. The molecule has 170 valence electrons. The molecule has 2 heterocycles. The van der Waals surface area contributed by atoms with Crippen molar-refractivity contribution in [1.29, 1.82) is 0 Å². The smallest absolute Gasteiger partial charge is 0.238 e. The van der Waals surface area contributed by atoms with Gasteiger partial charge in [-0.2, -0.15) is 0 Å². The minimum atomic E-state index is -0.0289. The van der Waals surface area contributed by atoms with Crippen LogP contribution in [0.25, 0.3) is 0 Å². The van der Waals surface area contributed by atoms with Crippen LogP contribution in [0.1, 0.15) is 18.4 Å². The Hall–Kier alpha value is -2.90. The molecule has 0 aromatic heterocycles. The third kappa shape index (κ3) is 6.31. The van der Waals surface area contributed by atoms with Gasteiger partial charge in [0.2, 0.25) is 11.8 Å². The Labute approximate surface area is 189 Å². The van der Waals surface area contributed by atoms with Crippen LogP contribution in [-0.2, 0) is 9.59 Å². The van der Waals surface area contributed by atoms with E-state index in [9.17, 15) is 9.59 Å². The second-order valence-electron chi connectivity index (χ2n) is 8.63. The first-order valence-corrected chi connectivity index (χ1v) is 11.4. The largest absolute Gasteiger partial charge is 0.457 e. The molecule has 4 rings (SSSR count). The van der Waals surface area contributed by atoms with Gasteiger partial charge in [-0.1, -0.05) is 17.7 Å². The molecule has 0 spiro atoms. The molecule has 32 heavy (non-hydrogen) atoms. The second-order valence-corrected chi connectivity index (χ2v) is 8.63. The van der Waals surface area contributed by atoms with Crippen molar-refractivity contribution in [2.45, 2.75) is 19.8 Å². The van der Waals surface area contributed by atoms with E-state index in [2.05, 4.69) is 15.1 Å². The van der Waals surface area contributed by atoms with Crippen LogP contribution in [0.15, 0.2) is 48.5 Å². The number of nitrogens with zero attached hydrogens (tertiary/aromatic N) is 3. The van der Waals surface area contributed by atoms with E-state index < -0.39 is 0 Å². The molecule has 0 atom stereocenters. The first kappa shape index (κ1) is 22.3. The Morgan fingerprint density at radius 1 is 0.781 bits per heavy atom. The number of hydrogen-bond donors (Lipinski definition) is 1. The molecule has 2 amide bonds. The number of carbonyl (C=O) groups excluding carboxylic acids is 2. The van der Waals surface area contributed by atoms with Gasteiger partial charge in [0.15, 0.2) is 0 Å². The Balaban J connectivity index is 1.18. The summed E-state index contributed by atoms with van der Waals surface area (Å²) in [7, 11) is 0. The van der Waals surface area contributed by atoms with Gasteiger partial charge < -0.3 is 15.0 Å². The number of hydrogen-bond acceptors (Lipinski definition) is 5. The molecule has 2 saturated heterocycles. The number of rotatable bonds is 7. The van der Waals surface area contributed by atoms with Gasteiger partial charge in [0.1, 0.15) is 11.5 Å². The molecule has 0 unspecified atom stereocenters. The topological polar surface area (TPSA) is 65.1 Å². The highest BCUT2D eigenvalue weighted by Crippen LogP contribution is 2.23. The van der Waals surface area contributed by atoms with E-state index >= 15 is 0 Å². The van der Waals surface area contributed by atoms with Crippen molar-refractivity contribution in [2.24, 2.45) is 0 Å². The lowest BCUT2D eigenvalue weighted by atomic mass is 10.2. The van der Waals surface area contributed by atoms with Crippen LogP contribution in [0.5, 0.6) is 11.5 Å². The summed E-state index contributed by atoms with van der Waals surface area (Å²) in [4.78, 5) is 31.1. The van der Waals surface area contributed by atoms with Crippen LogP contribution in [0.2, 0.25) is 0 Å². The van der Waals surface area contributed by atoms with E-state index in [1.807, 2.05) is 60.4 Å². The second kappa shape index (κ2) is 10.6. The summed E-state index contributed by atoms with van der Waals surface area (Å²) in [5.74, 6) is 1.72. The predicted molar refractivity (Wildman–Crippen MR) is 125 cm³/mol. The lowest BCUT2D eigenvalue weighted by molar-refractivity contribution is -0.132. The van der Waals surface area contributed by atoms with E-state index in [0.29, 0.717) is 13.1 Å². The first-order chi connectivity index (χ1) is 15.5. The Kier molecular flexibility index (Phi) is 7.39. The van der Waals surface area contributed by atoms with Crippen molar-refractivity contribution in [3.63, 3.8) is 0 Å². The summed E-state index contributed by atoms with van der Waals surface area (Å²) >= 11 is 0. The Morgan fingerprint density at radius 2 is 1.31 bits per heavy atom. The molecule has 2 aromatic rings. The molecular formula is C25H32N4O3. The van der Waals surface area contributed by atoms with E-state index in [0.717, 1.165) is 69.3 Å². The summed E-state index contributed by atoms with van der Waals surface area (Å²) in [6.07, 6.45) is 2.24. The highest BCUT2D eigenvalue weighted by Gasteiger charge is 2.24. The van der Waals surface area contributed by atoms with Crippen molar-refractivity contribution >= 4 is 17.5 Å². The van der Waals surface area contributed by atoms with Crippen molar-refractivity contribution in [3.8, 4) is 11.5 Å². The standard InChI is InChI=1S/C25H32N4O3/c1-20-4-8-22(9-5-20)32-23-10-6-21(7-11-23)26-24(30)18-27-14-16-28(17-15-27)19-25(31)29-12-2-3-13-29/h4-11H,2-3,12-19H2,1H3,(H,26,30). The van der Waals surface area contributed by atoms with Crippen LogP contribution in [-0.4, -0.2) is 78.9 Å². The molecule has 1 N–H and O–H groups in total. The van der Waals surface area contributed by atoms with Gasteiger partial charge >= 0.3 is 0 Å². The van der Waals surface area contributed by atoms with Gasteiger partial charge in [0, 0.05) is 45.0 Å². The number of aryl methyl sites for hydroxylation is 1. The van der Waals surface area contributed by atoms with Gasteiger partial charge in [0.25, 0.3) is 0 Å². The summed E-state index contributed by atoms with van der Waals surface area (Å²) < 4.78 is 5.83. The van der Waals surface area contributed by atoms with Gasteiger partial charge in [-0.25, -0.2) is 0 Å². The minimum Gasteiger partial charge on any atom is -0.457 e. The fourth-order valence-corrected chi connectivity index (χ4v) is 4.12. The number of piperazine rings is 1. The van der Waals surface area contributed by atoms with Crippen LogP contribution in [0.3, 0.4) is 0 Å². The van der Waals surface area contributed by atoms with Crippen LogP contribution >= 0.6 is 0 Å². The number of benzene rings is 2. The van der Waals surface area contributed by atoms with E-state index in [1.165, 1.54) is 5.56 Å². The Morgan fingerprint density at radius 3 is 1.91 bits per heavy atom. The van der Waals surface area contributed by atoms with E-state index in [-0.39, 0.29) is 11.8 Å². The SMILES string of the molecule is Cc1ccc(Oc2ccc(NC(=O)CN3CCN(CC(=O)N4CCCC4)CC3)cc2)cc1. The van der Waals surface area contributed by atoms with Crippen LogP contribution in [0, 0.1) is 6.92 Å². The number of nitrogens with one attached hydrogen (secondary N) is 1. The zero-order valence-corrected chi connectivity index (χ0v) is 18.8. The van der Waals surface area contributed by atoms with Crippen molar-refractivity contribution in [1.82, 2.24) is 14.7 Å². The number of likely N-dealkylation sites (tertiary alicyclic amines) is 1. The summed E-state index contributed by atoms with van der Waals surface area (Å²) in [6.45, 7) is 7.92. The average molecular weight is 437 g/mol. The quantitative estimate of drug-likeness (QED) is 0.723. The number of amides is 2. The van der Waals surface area contributed by atoms with Crippen LogP contribution < -0.4 is 10.1 Å². The average Bonchev–Trinajstić information content (AvgIpc) is 3.33. The maximum Gasteiger partial charge on any atom is 0.238 e. The minimum absolute atomic E-state index is 0.0289. The molecule has 7 heteroatoms. The molecule has 2 aromatic carbocycles. The molecule has 2 fully saturated rings. The Bertz CT molecular complexity index is 900.